The molecule has 0 radical (unpaired) electrons. The van der Waals surface area contributed by atoms with Crippen LogP contribution in [0.5, 0.6) is 5.75 Å². The summed E-state index contributed by atoms with van der Waals surface area (Å²) in [6, 6.07) is 4.94. The number of methoxy groups -OCH3 is 1. The summed E-state index contributed by atoms with van der Waals surface area (Å²) in [5.41, 5.74) is 0.890. The second-order valence-electron chi connectivity index (χ2n) is 3.78. The molecule has 5 nitrogen and oxygen atoms in total. The summed E-state index contributed by atoms with van der Waals surface area (Å²) >= 11 is 0. The predicted molar refractivity (Wildman–Crippen MR) is 64.9 cm³/mol. The molecule has 98 valence electrons. The number of para-hydroxylation sites is 1. The molecule has 1 aromatic rings. The van der Waals surface area contributed by atoms with E-state index in [0.29, 0.717) is 12.2 Å². The number of benzene rings is 1. The largest absolute Gasteiger partial charge is 0.492 e. The molecule has 0 amide bonds. The molecule has 0 bridgehead atoms. The fourth-order valence-corrected chi connectivity index (χ4v) is 1.51. The molecule has 0 unspecified atom stereocenters. The van der Waals surface area contributed by atoms with Crippen molar-refractivity contribution in [3.8, 4) is 5.75 Å². The van der Waals surface area contributed by atoms with Crippen molar-refractivity contribution in [2.45, 2.75) is 19.8 Å². The van der Waals surface area contributed by atoms with Gasteiger partial charge in [0.25, 0.3) is 0 Å². The lowest BCUT2D eigenvalue weighted by Crippen LogP contribution is -2.08. The van der Waals surface area contributed by atoms with Crippen LogP contribution in [0, 0.1) is 6.92 Å². The normalized spacial score (nSPS) is 9.89. The van der Waals surface area contributed by atoms with Crippen LogP contribution < -0.4 is 4.74 Å². The fourth-order valence-electron chi connectivity index (χ4n) is 1.51. The number of ether oxygens (including phenoxy) is 2. The number of rotatable bonds is 6. The summed E-state index contributed by atoms with van der Waals surface area (Å²) in [6.45, 7) is 2.06. The van der Waals surface area contributed by atoms with E-state index in [1.54, 1.807) is 19.1 Å². The molecule has 18 heavy (non-hydrogen) atoms. The van der Waals surface area contributed by atoms with Gasteiger partial charge < -0.3 is 14.6 Å². The smallest absolute Gasteiger partial charge is 0.339 e. The van der Waals surface area contributed by atoms with Crippen LogP contribution in [0.1, 0.15) is 28.8 Å². The Hall–Kier alpha value is -2.04. The number of aryl methyl sites for hydroxylation is 1. The van der Waals surface area contributed by atoms with E-state index < -0.39 is 5.97 Å². The van der Waals surface area contributed by atoms with E-state index in [4.69, 9.17) is 9.84 Å². The quantitative estimate of drug-likeness (QED) is 0.619. The summed E-state index contributed by atoms with van der Waals surface area (Å²) in [4.78, 5) is 21.9. The van der Waals surface area contributed by atoms with E-state index in [1.807, 2.05) is 0 Å². The molecule has 0 fully saturated rings. The molecular weight excluding hydrogens is 236 g/mol. The molecule has 0 atom stereocenters. The van der Waals surface area contributed by atoms with E-state index in [2.05, 4.69) is 4.74 Å². The highest BCUT2D eigenvalue weighted by molar-refractivity contribution is 5.91. The van der Waals surface area contributed by atoms with Crippen LogP contribution in [-0.4, -0.2) is 30.8 Å². The maximum atomic E-state index is 11.0. The van der Waals surface area contributed by atoms with E-state index in [0.717, 1.165) is 5.56 Å². The van der Waals surface area contributed by atoms with Gasteiger partial charge in [-0.25, -0.2) is 4.79 Å². The molecule has 1 aromatic carbocycles. The number of carboxylic acids is 1. The highest BCUT2D eigenvalue weighted by atomic mass is 16.5. The molecule has 0 aliphatic rings. The lowest BCUT2D eigenvalue weighted by atomic mass is 10.1. The van der Waals surface area contributed by atoms with Crippen molar-refractivity contribution in [2.24, 2.45) is 0 Å². The van der Waals surface area contributed by atoms with Crippen LogP contribution in [0.2, 0.25) is 0 Å². The third kappa shape index (κ3) is 3.76. The summed E-state index contributed by atoms with van der Waals surface area (Å²) in [5, 5.41) is 9.02. The SMILES string of the molecule is COC(=O)CCCOc1c(C)cccc1C(=O)O. The Balaban J connectivity index is 2.61. The van der Waals surface area contributed by atoms with Gasteiger partial charge in [-0.3, -0.25) is 4.79 Å². The molecular formula is C13H16O5. The van der Waals surface area contributed by atoms with Crippen LogP contribution in [-0.2, 0) is 9.53 Å². The number of hydrogen-bond acceptors (Lipinski definition) is 4. The van der Waals surface area contributed by atoms with Crippen molar-refractivity contribution in [2.75, 3.05) is 13.7 Å². The van der Waals surface area contributed by atoms with Gasteiger partial charge in [0.1, 0.15) is 11.3 Å². The highest BCUT2D eigenvalue weighted by Gasteiger charge is 2.13. The van der Waals surface area contributed by atoms with Crippen molar-refractivity contribution >= 4 is 11.9 Å². The molecule has 1 N–H and O–H groups in total. The molecule has 0 saturated heterocycles. The van der Waals surface area contributed by atoms with Crippen LogP contribution in [0.15, 0.2) is 18.2 Å². The first kappa shape index (κ1) is 14.0. The summed E-state index contributed by atoms with van der Waals surface area (Å²) in [6.07, 6.45) is 0.741. The highest BCUT2D eigenvalue weighted by Crippen LogP contribution is 2.23. The molecule has 0 aliphatic carbocycles. The zero-order chi connectivity index (χ0) is 13.5. The van der Waals surface area contributed by atoms with Gasteiger partial charge in [0.15, 0.2) is 0 Å². The van der Waals surface area contributed by atoms with E-state index in [-0.39, 0.29) is 24.6 Å². The van der Waals surface area contributed by atoms with Crippen molar-refractivity contribution in [1.82, 2.24) is 0 Å². The Labute approximate surface area is 105 Å². The Morgan fingerprint density at radius 3 is 2.67 bits per heavy atom. The molecule has 5 heteroatoms. The maximum Gasteiger partial charge on any atom is 0.339 e. The fraction of sp³-hybridized carbons (Fsp3) is 0.385. The lowest BCUT2D eigenvalue weighted by molar-refractivity contribution is -0.140. The van der Waals surface area contributed by atoms with E-state index >= 15 is 0 Å². The van der Waals surface area contributed by atoms with Crippen molar-refractivity contribution in [3.05, 3.63) is 29.3 Å². The standard InChI is InChI=1S/C13H16O5/c1-9-5-3-6-10(13(15)16)12(9)18-8-4-7-11(14)17-2/h3,5-6H,4,7-8H2,1-2H3,(H,15,16). The summed E-state index contributed by atoms with van der Waals surface area (Å²) in [5.74, 6) is -0.974. The van der Waals surface area contributed by atoms with Crippen molar-refractivity contribution in [1.29, 1.82) is 0 Å². The minimum absolute atomic E-state index is 0.132. The maximum absolute atomic E-state index is 11.0. The number of carbonyl (C=O) groups is 2. The lowest BCUT2D eigenvalue weighted by Gasteiger charge is -2.11. The first-order chi connectivity index (χ1) is 8.56. The number of hydrogen-bond donors (Lipinski definition) is 1. The molecule has 0 saturated carbocycles. The van der Waals surface area contributed by atoms with E-state index in [9.17, 15) is 9.59 Å². The molecule has 1 rings (SSSR count). The Bertz CT molecular complexity index is 439. The van der Waals surface area contributed by atoms with Gasteiger partial charge in [-0.05, 0) is 25.0 Å². The number of aromatic carboxylic acids is 1. The van der Waals surface area contributed by atoms with Gasteiger partial charge in [-0.15, -0.1) is 0 Å². The minimum atomic E-state index is -1.03. The van der Waals surface area contributed by atoms with Crippen molar-refractivity contribution in [3.63, 3.8) is 0 Å². The minimum Gasteiger partial charge on any atom is -0.492 e. The second kappa shape index (κ2) is 6.64. The zero-order valence-corrected chi connectivity index (χ0v) is 10.4. The zero-order valence-electron chi connectivity index (χ0n) is 10.4. The third-order valence-electron chi connectivity index (χ3n) is 2.44. The topological polar surface area (TPSA) is 72.8 Å². The van der Waals surface area contributed by atoms with Gasteiger partial charge in [0.2, 0.25) is 0 Å². The number of carboxylic acid groups (broad SMARTS) is 1. The Morgan fingerprint density at radius 2 is 2.06 bits per heavy atom. The average molecular weight is 252 g/mol. The first-order valence-electron chi connectivity index (χ1n) is 5.58. The van der Waals surface area contributed by atoms with Gasteiger partial charge in [-0.1, -0.05) is 12.1 Å². The Kier molecular flexibility index (Phi) is 5.17. The van der Waals surface area contributed by atoms with Gasteiger partial charge >= 0.3 is 11.9 Å². The van der Waals surface area contributed by atoms with Crippen LogP contribution in [0.4, 0.5) is 0 Å². The number of esters is 1. The summed E-state index contributed by atoms with van der Waals surface area (Å²) < 4.78 is 9.94. The number of carbonyl (C=O) groups excluding carboxylic acids is 1. The molecule has 0 spiro atoms. The molecule has 0 aliphatic heterocycles. The van der Waals surface area contributed by atoms with Crippen LogP contribution in [0.25, 0.3) is 0 Å². The van der Waals surface area contributed by atoms with E-state index in [1.165, 1.54) is 13.2 Å². The third-order valence-corrected chi connectivity index (χ3v) is 2.44. The molecule has 0 heterocycles. The van der Waals surface area contributed by atoms with Gasteiger partial charge in [-0.2, -0.15) is 0 Å². The predicted octanol–water partition coefficient (Wildman–Crippen LogP) is 2.03. The van der Waals surface area contributed by atoms with Crippen molar-refractivity contribution < 1.29 is 24.2 Å². The Morgan fingerprint density at radius 1 is 1.33 bits per heavy atom. The first-order valence-corrected chi connectivity index (χ1v) is 5.58. The van der Waals surface area contributed by atoms with Crippen LogP contribution in [0.3, 0.4) is 0 Å². The molecule has 0 aromatic heterocycles. The van der Waals surface area contributed by atoms with Gasteiger partial charge in [0, 0.05) is 6.42 Å². The van der Waals surface area contributed by atoms with Crippen LogP contribution >= 0.6 is 0 Å². The summed E-state index contributed by atoms with van der Waals surface area (Å²) in [7, 11) is 1.33. The van der Waals surface area contributed by atoms with Gasteiger partial charge in [0.05, 0.1) is 13.7 Å². The average Bonchev–Trinajstić information content (AvgIpc) is 2.35. The second-order valence-corrected chi connectivity index (χ2v) is 3.78. The monoisotopic (exact) mass is 252 g/mol.